The van der Waals surface area contributed by atoms with Crippen LogP contribution in [0.1, 0.15) is 6.92 Å². The van der Waals surface area contributed by atoms with E-state index >= 15 is 0 Å². The molecule has 0 aliphatic carbocycles. The maximum absolute atomic E-state index is 10.2. The lowest BCUT2D eigenvalue weighted by Crippen LogP contribution is -2.42. The molecule has 0 bridgehead atoms. The van der Waals surface area contributed by atoms with Gasteiger partial charge >= 0.3 is 0 Å². The fourth-order valence-corrected chi connectivity index (χ4v) is 0.191. The summed E-state index contributed by atoms with van der Waals surface area (Å²) in [6, 6.07) is 0. The van der Waals surface area contributed by atoms with Crippen molar-refractivity contribution in [3.63, 3.8) is 0 Å². The Bertz CT molecular complexity index is 102. The van der Waals surface area contributed by atoms with Gasteiger partial charge in [-0.1, -0.05) is 0 Å². The molecule has 0 saturated heterocycles. The van der Waals surface area contributed by atoms with E-state index in [0.29, 0.717) is 6.41 Å². The SMILES string of the molecule is CC(=O)C(N)NC=O. The van der Waals surface area contributed by atoms with Crippen LogP contribution in [0.3, 0.4) is 0 Å². The van der Waals surface area contributed by atoms with Crippen molar-refractivity contribution < 1.29 is 9.59 Å². The maximum Gasteiger partial charge on any atom is 0.208 e. The molecule has 0 aromatic heterocycles. The van der Waals surface area contributed by atoms with Gasteiger partial charge in [0.1, 0.15) is 6.17 Å². The molecule has 0 radical (unpaired) electrons. The predicted molar refractivity (Wildman–Crippen MR) is 27.9 cm³/mol. The first kappa shape index (κ1) is 7.10. The van der Waals surface area contributed by atoms with Crippen LogP contribution in [-0.4, -0.2) is 18.4 Å². The molecule has 0 fully saturated rings. The van der Waals surface area contributed by atoms with Crippen LogP contribution in [0.5, 0.6) is 0 Å². The summed E-state index contributed by atoms with van der Waals surface area (Å²) >= 11 is 0. The van der Waals surface area contributed by atoms with Crippen molar-refractivity contribution in [2.75, 3.05) is 0 Å². The molecule has 0 aliphatic heterocycles. The molecule has 0 heterocycles. The van der Waals surface area contributed by atoms with E-state index in [0.717, 1.165) is 0 Å². The predicted octanol–water partition coefficient (Wildman–Crippen LogP) is -1.39. The number of hydrogen-bond acceptors (Lipinski definition) is 3. The van der Waals surface area contributed by atoms with Crippen LogP contribution in [0.4, 0.5) is 0 Å². The van der Waals surface area contributed by atoms with Crippen molar-refractivity contribution in [1.82, 2.24) is 5.32 Å². The van der Waals surface area contributed by atoms with E-state index in [9.17, 15) is 9.59 Å². The third kappa shape index (κ3) is 2.30. The Morgan fingerprint density at radius 1 is 1.88 bits per heavy atom. The van der Waals surface area contributed by atoms with Gasteiger partial charge in [-0.2, -0.15) is 0 Å². The van der Waals surface area contributed by atoms with Gasteiger partial charge in [0.2, 0.25) is 6.41 Å². The molecule has 1 amide bonds. The van der Waals surface area contributed by atoms with E-state index in [-0.39, 0.29) is 5.78 Å². The Balaban J connectivity index is 3.46. The number of ketones is 1. The number of rotatable bonds is 3. The number of amides is 1. The normalized spacial score (nSPS) is 12.2. The van der Waals surface area contributed by atoms with E-state index in [1.807, 2.05) is 0 Å². The van der Waals surface area contributed by atoms with E-state index in [4.69, 9.17) is 5.73 Å². The largest absolute Gasteiger partial charge is 0.337 e. The van der Waals surface area contributed by atoms with Crippen molar-refractivity contribution in [3.05, 3.63) is 0 Å². The number of nitrogens with one attached hydrogen (secondary N) is 1. The summed E-state index contributed by atoms with van der Waals surface area (Å²) in [6.45, 7) is 1.31. The van der Waals surface area contributed by atoms with Crippen LogP contribution in [-0.2, 0) is 9.59 Å². The van der Waals surface area contributed by atoms with Crippen LogP contribution < -0.4 is 11.1 Å². The maximum atomic E-state index is 10.2. The minimum absolute atomic E-state index is 0.253. The first-order valence-corrected chi connectivity index (χ1v) is 2.14. The first-order chi connectivity index (χ1) is 3.68. The molecular weight excluding hydrogens is 108 g/mol. The zero-order valence-corrected chi connectivity index (χ0v) is 4.55. The molecule has 8 heavy (non-hydrogen) atoms. The average molecular weight is 116 g/mol. The Morgan fingerprint density at radius 2 is 2.38 bits per heavy atom. The monoisotopic (exact) mass is 116 g/mol. The molecule has 4 heteroatoms. The molecule has 0 aliphatic rings. The van der Waals surface area contributed by atoms with Crippen LogP contribution in [0.25, 0.3) is 0 Å². The van der Waals surface area contributed by atoms with Gasteiger partial charge in [-0.3, -0.25) is 9.59 Å². The summed E-state index contributed by atoms with van der Waals surface area (Å²) in [4.78, 5) is 19.8. The van der Waals surface area contributed by atoms with Crippen LogP contribution >= 0.6 is 0 Å². The minimum Gasteiger partial charge on any atom is -0.337 e. The zero-order chi connectivity index (χ0) is 6.57. The first-order valence-electron chi connectivity index (χ1n) is 2.14. The second kappa shape index (κ2) is 3.15. The number of carbonyl (C=O) groups is 2. The second-order valence-corrected chi connectivity index (χ2v) is 1.37. The van der Waals surface area contributed by atoms with Gasteiger partial charge in [0.05, 0.1) is 0 Å². The molecule has 3 N–H and O–H groups in total. The molecule has 0 spiro atoms. The highest BCUT2D eigenvalue weighted by atomic mass is 16.1. The van der Waals surface area contributed by atoms with E-state index < -0.39 is 6.17 Å². The molecule has 0 aromatic carbocycles. The third-order valence-corrected chi connectivity index (χ3v) is 0.686. The number of nitrogens with two attached hydrogens (primary N) is 1. The smallest absolute Gasteiger partial charge is 0.208 e. The highest BCUT2D eigenvalue weighted by Gasteiger charge is 2.02. The summed E-state index contributed by atoms with van der Waals surface area (Å²) < 4.78 is 0. The quantitative estimate of drug-likeness (QED) is 0.352. The summed E-state index contributed by atoms with van der Waals surface area (Å²) in [6.07, 6.45) is -0.445. The second-order valence-electron chi connectivity index (χ2n) is 1.37. The Hall–Kier alpha value is -0.900. The van der Waals surface area contributed by atoms with Crippen LogP contribution in [0.2, 0.25) is 0 Å². The molecule has 1 atom stereocenters. The fraction of sp³-hybridized carbons (Fsp3) is 0.500. The summed E-state index contributed by atoms with van der Waals surface area (Å²) in [5, 5.41) is 2.09. The van der Waals surface area contributed by atoms with Crippen LogP contribution in [0.15, 0.2) is 0 Å². The standard InChI is InChI=1S/C4H8N2O2/c1-3(8)4(5)6-2-7/h2,4H,5H2,1H3,(H,6,7). The lowest BCUT2D eigenvalue weighted by molar-refractivity contribution is -0.121. The van der Waals surface area contributed by atoms with E-state index in [2.05, 4.69) is 5.32 Å². The van der Waals surface area contributed by atoms with Gasteiger partial charge in [0, 0.05) is 0 Å². The number of carbonyl (C=O) groups excluding carboxylic acids is 2. The fourth-order valence-electron chi connectivity index (χ4n) is 0.191. The molecule has 4 nitrogen and oxygen atoms in total. The Labute approximate surface area is 47.0 Å². The number of hydrogen-bond donors (Lipinski definition) is 2. The Kier molecular flexibility index (Phi) is 2.79. The van der Waals surface area contributed by atoms with Crippen molar-refractivity contribution >= 4 is 12.2 Å². The van der Waals surface area contributed by atoms with E-state index in [1.54, 1.807) is 0 Å². The molecule has 0 rings (SSSR count). The highest BCUT2D eigenvalue weighted by molar-refractivity contribution is 5.82. The molecule has 46 valence electrons. The van der Waals surface area contributed by atoms with E-state index in [1.165, 1.54) is 6.92 Å². The Morgan fingerprint density at radius 3 is 2.50 bits per heavy atom. The van der Waals surface area contributed by atoms with Gasteiger partial charge < -0.3 is 11.1 Å². The van der Waals surface area contributed by atoms with Gasteiger partial charge in [0.25, 0.3) is 0 Å². The van der Waals surface area contributed by atoms with Gasteiger partial charge in [-0.15, -0.1) is 0 Å². The van der Waals surface area contributed by atoms with Crippen molar-refractivity contribution in [2.24, 2.45) is 5.73 Å². The third-order valence-electron chi connectivity index (χ3n) is 0.686. The molecule has 0 saturated carbocycles. The van der Waals surface area contributed by atoms with Gasteiger partial charge in [-0.05, 0) is 6.92 Å². The van der Waals surface area contributed by atoms with Crippen molar-refractivity contribution in [1.29, 1.82) is 0 Å². The lowest BCUT2D eigenvalue weighted by atomic mass is 10.4. The van der Waals surface area contributed by atoms with Crippen molar-refractivity contribution in [3.8, 4) is 0 Å². The topological polar surface area (TPSA) is 72.2 Å². The summed E-state index contributed by atoms with van der Waals surface area (Å²) in [5.74, 6) is -0.253. The van der Waals surface area contributed by atoms with Gasteiger partial charge in [-0.25, -0.2) is 0 Å². The average Bonchev–Trinajstić information content (AvgIpc) is 1.67. The highest BCUT2D eigenvalue weighted by Crippen LogP contribution is 1.69. The summed E-state index contributed by atoms with van der Waals surface area (Å²) in [5.41, 5.74) is 5.04. The molecular formula is C4H8N2O2. The summed E-state index contributed by atoms with van der Waals surface area (Å²) in [7, 11) is 0. The zero-order valence-electron chi connectivity index (χ0n) is 4.55. The van der Waals surface area contributed by atoms with Crippen LogP contribution in [0, 0.1) is 0 Å². The number of Topliss-reactive ketones (excluding diaryl/α,β-unsaturated/α-hetero) is 1. The lowest BCUT2D eigenvalue weighted by Gasteiger charge is -2.02. The van der Waals surface area contributed by atoms with Crippen molar-refractivity contribution in [2.45, 2.75) is 13.1 Å². The molecule has 0 aromatic rings. The minimum atomic E-state index is -0.840. The molecule has 1 unspecified atom stereocenters. The van der Waals surface area contributed by atoms with Gasteiger partial charge in [0.15, 0.2) is 5.78 Å².